The summed E-state index contributed by atoms with van der Waals surface area (Å²) in [6.45, 7) is 1.38. The van der Waals surface area contributed by atoms with Crippen LogP contribution in [-0.4, -0.2) is 0 Å². The van der Waals surface area contributed by atoms with Crippen LogP contribution in [0, 0.1) is 30.2 Å². The van der Waals surface area contributed by atoms with Crippen molar-refractivity contribution in [3.05, 3.63) is 69.2 Å². The number of hydrogen-bond acceptors (Lipinski definition) is 2. The number of halogens is 5. The van der Waals surface area contributed by atoms with Crippen LogP contribution in [0.5, 0.6) is 0 Å². The molecule has 2 aromatic carbocycles. The van der Waals surface area contributed by atoms with E-state index in [1.807, 2.05) is 0 Å². The van der Waals surface area contributed by atoms with Gasteiger partial charge in [0.05, 0.1) is 11.1 Å². The van der Waals surface area contributed by atoms with Crippen LogP contribution in [0.4, 0.5) is 17.6 Å². The molecule has 0 radical (unpaired) electrons. The summed E-state index contributed by atoms with van der Waals surface area (Å²) in [6, 6.07) is 2.86. The lowest BCUT2D eigenvalue weighted by Crippen LogP contribution is -2.30. The molecule has 1 atom stereocenters. The maximum atomic E-state index is 14.0. The zero-order valence-electron chi connectivity index (χ0n) is 10.9. The second-order valence-corrected chi connectivity index (χ2v) is 4.89. The number of benzene rings is 2. The van der Waals surface area contributed by atoms with Crippen molar-refractivity contribution in [2.24, 2.45) is 5.84 Å². The molecule has 0 amide bonds. The molecule has 3 N–H and O–H groups in total. The first-order valence-corrected chi connectivity index (χ1v) is 6.29. The van der Waals surface area contributed by atoms with Crippen LogP contribution in [0.25, 0.3) is 0 Å². The Labute approximate surface area is 123 Å². The van der Waals surface area contributed by atoms with E-state index in [9.17, 15) is 17.6 Å². The summed E-state index contributed by atoms with van der Waals surface area (Å²) in [5.74, 6) is 1.28. The minimum atomic E-state index is -1.26. The molecule has 0 spiro atoms. The summed E-state index contributed by atoms with van der Waals surface area (Å²) in [7, 11) is 0. The van der Waals surface area contributed by atoms with E-state index in [-0.39, 0.29) is 16.7 Å². The predicted molar refractivity (Wildman–Crippen MR) is 71.6 cm³/mol. The first-order chi connectivity index (χ1) is 9.86. The van der Waals surface area contributed by atoms with Crippen LogP contribution < -0.4 is 11.3 Å². The Morgan fingerprint density at radius 1 is 1.00 bits per heavy atom. The van der Waals surface area contributed by atoms with Crippen LogP contribution in [-0.2, 0) is 0 Å². The highest BCUT2D eigenvalue weighted by atomic mass is 35.5. The molecule has 0 fully saturated rings. The molecule has 2 aromatic rings. The topological polar surface area (TPSA) is 38.0 Å². The lowest BCUT2D eigenvalue weighted by Gasteiger charge is -2.19. The molecule has 0 heterocycles. The van der Waals surface area contributed by atoms with E-state index in [1.165, 1.54) is 19.1 Å². The van der Waals surface area contributed by atoms with Gasteiger partial charge in [0.15, 0.2) is 11.6 Å². The summed E-state index contributed by atoms with van der Waals surface area (Å²) >= 11 is 5.46. The van der Waals surface area contributed by atoms with E-state index in [1.54, 1.807) is 0 Å². The third-order valence-corrected chi connectivity index (χ3v) is 3.42. The molecular weight excluding hydrogens is 308 g/mol. The first kappa shape index (κ1) is 15.8. The average molecular weight is 319 g/mol. The van der Waals surface area contributed by atoms with Gasteiger partial charge >= 0.3 is 0 Å². The van der Waals surface area contributed by atoms with E-state index in [0.717, 1.165) is 12.1 Å². The van der Waals surface area contributed by atoms with Gasteiger partial charge in [-0.2, -0.15) is 0 Å². The molecule has 7 heteroatoms. The molecule has 0 saturated heterocycles. The molecular formula is C14H11ClF4N2. The van der Waals surface area contributed by atoms with E-state index in [0.29, 0.717) is 0 Å². The second-order valence-electron chi connectivity index (χ2n) is 4.49. The van der Waals surface area contributed by atoms with Crippen LogP contribution in [0.1, 0.15) is 22.7 Å². The molecule has 2 rings (SSSR count). The number of hydrazine groups is 1. The maximum absolute atomic E-state index is 14.0. The number of nitrogens with two attached hydrogens (primary N) is 1. The zero-order valence-corrected chi connectivity index (χ0v) is 11.6. The molecule has 1 unspecified atom stereocenters. The van der Waals surface area contributed by atoms with Gasteiger partial charge in [-0.3, -0.25) is 5.84 Å². The van der Waals surface area contributed by atoms with Gasteiger partial charge in [0.1, 0.15) is 11.6 Å². The van der Waals surface area contributed by atoms with Crippen molar-refractivity contribution in [2.75, 3.05) is 0 Å². The van der Waals surface area contributed by atoms with E-state index >= 15 is 0 Å². The minimum Gasteiger partial charge on any atom is -0.271 e. The Hall–Kier alpha value is -1.63. The van der Waals surface area contributed by atoms with Crippen molar-refractivity contribution in [3.8, 4) is 0 Å². The lowest BCUT2D eigenvalue weighted by molar-refractivity contribution is 0.472. The van der Waals surface area contributed by atoms with Crippen molar-refractivity contribution in [2.45, 2.75) is 13.0 Å². The quantitative estimate of drug-likeness (QED) is 0.391. The van der Waals surface area contributed by atoms with Crippen LogP contribution >= 0.6 is 11.6 Å². The van der Waals surface area contributed by atoms with Gasteiger partial charge in [-0.15, -0.1) is 0 Å². The lowest BCUT2D eigenvalue weighted by atomic mass is 9.97. The van der Waals surface area contributed by atoms with Crippen molar-refractivity contribution in [3.63, 3.8) is 0 Å². The third kappa shape index (κ3) is 2.88. The second kappa shape index (κ2) is 6.01. The van der Waals surface area contributed by atoms with Crippen LogP contribution in [0.2, 0.25) is 5.02 Å². The third-order valence-electron chi connectivity index (χ3n) is 3.13. The highest BCUT2D eigenvalue weighted by Crippen LogP contribution is 2.30. The summed E-state index contributed by atoms with van der Waals surface area (Å²) in [5, 5.41) is -0.414. The van der Waals surface area contributed by atoms with Gasteiger partial charge in [0.2, 0.25) is 0 Å². The summed E-state index contributed by atoms with van der Waals surface area (Å²) in [5.41, 5.74) is 1.73. The minimum absolute atomic E-state index is 0.0924. The number of aryl methyl sites for hydroxylation is 1. The van der Waals surface area contributed by atoms with E-state index in [4.69, 9.17) is 17.4 Å². The van der Waals surface area contributed by atoms with Gasteiger partial charge in [-0.25, -0.2) is 23.0 Å². The molecule has 0 saturated carbocycles. The standard InChI is InChI=1S/C14H11ClF4N2/c1-6-2-3-7(13(19)12(6)18)14(21-20)8-4-11(17)9(15)5-10(8)16/h2-5,14,21H,20H2,1H3. The summed E-state index contributed by atoms with van der Waals surface area (Å²) in [6.07, 6.45) is 0. The monoisotopic (exact) mass is 318 g/mol. The fourth-order valence-corrected chi connectivity index (χ4v) is 2.14. The van der Waals surface area contributed by atoms with Crippen molar-refractivity contribution >= 4 is 11.6 Å². The molecule has 21 heavy (non-hydrogen) atoms. The van der Waals surface area contributed by atoms with Crippen molar-refractivity contribution < 1.29 is 17.6 Å². The summed E-state index contributed by atoms with van der Waals surface area (Å²) in [4.78, 5) is 0. The largest absolute Gasteiger partial charge is 0.271 e. The molecule has 2 nitrogen and oxygen atoms in total. The first-order valence-electron chi connectivity index (χ1n) is 5.91. The fraction of sp³-hybridized carbons (Fsp3) is 0.143. The predicted octanol–water partition coefficient (Wildman–Crippen LogP) is 3.76. The molecule has 0 bridgehead atoms. The van der Waals surface area contributed by atoms with Gasteiger partial charge in [0, 0.05) is 11.1 Å². The molecule has 112 valence electrons. The number of rotatable bonds is 3. The Morgan fingerprint density at radius 3 is 2.29 bits per heavy atom. The maximum Gasteiger partial charge on any atom is 0.164 e. The number of hydrogen-bond donors (Lipinski definition) is 2. The SMILES string of the molecule is Cc1ccc(C(NN)c2cc(F)c(Cl)cc2F)c(F)c1F. The van der Waals surface area contributed by atoms with Gasteiger partial charge < -0.3 is 0 Å². The highest BCUT2D eigenvalue weighted by molar-refractivity contribution is 6.30. The van der Waals surface area contributed by atoms with Crippen molar-refractivity contribution in [1.82, 2.24) is 5.43 Å². The smallest absolute Gasteiger partial charge is 0.164 e. The van der Waals surface area contributed by atoms with Crippen LogP contribution in [0.15, 0.2) is 24.3 Å². The highest BCUT2D eigenvalue weighted by Gasteiger charge is 2.24. The van der Waals surface area contributed by atoms with Gasteiger partial charge in [0.25, 0.3) is 0 Å². The average Bonchev–Trinajstić information content (AvgIpc) is 2.44. The van der Waals surface area contributed by atoms with E-state index < -0.39 is 34.3 Å². The Morgan fingerprint density at radius 2 is 1.67 bits per heavy atom. The van der Waals surface area contributed by atoms with Crippen LogP contribution in [0.3, 0.4) is 0 Å². The summed E-state index contributed by atoms with van der Waals surface area (Å²) < 4.78 is 55.0. The molecule has 0 aliphatic rings. The Balaban J connectivity index is 2.60. The number of nitrogens with one attached hydrogen (secondary N) is 1. The Kier molecular flexibility index (Phi) is 4.51. The van der Waals surface area contributed by atoms with Crippen molar-refractivity contribution in [1.29, 1.82) is 0 Å². The zero-order chi connectivity index (χ0) is 15.7. The fourth-order valence-electron chi connectivity index (χ4n) is 1.99. The van der Waals surface area contributed by atoms with Gasteiger partial charge in [-0.1, -0.05) is 23.7 Å². The normalized spacial score (nSPS) is 12.5. The van der Waals surface area contributed by atoms with Gasteiger partial charge in [-0.05, 0) is 24.6 Å². The van der Waals surface area contributed by atoms with E-state index in [2.05, 4.69) is 5.43 Å². The molecule has 0 aliphatic carbocycles. The molecule has 0 aliphatic heterocycles. The molecule has 0 aromatic heterocycles. The Bertz CT molecular complexity index is 689.